The van der Waals surface area contributed by atoms with Crippen molar-refractivity contribution in [1.82, 2.24) is 4.98 Å². The number of hydrogen-bond acceptors (Lipinski definition) is 6. The molecule has 0 spiro atoms. The van der Waals surface area contributed by atoms with Crippen molar-refractivity contribution in [2.24, 2.45) is 0 Å². The summed E-state index contributed by atoms with van der Waals surface area (Å²) >= 11 is 0. The summed E-state index contributed by atoms with van der Waals surface area (Å²) in [6, 6.07) is 15.5. The maximum absolute atomic E-state index is 12.6. The number of carbonyl (C=O) groups is 2. The van der Waals surface area contributed by atoms with Gasteiger partial charge in [-0.25, -0.2) is 9.78 Å². The van der Waals surface area contributed by atoms with Crippen molar-refractivity contribution in [2.75, 3.05) is 24.9 Å². The van der Waals surface area contributed by atoms with Crippen molar-refractivity contribution in [2.45, 2.75) is 6.92 Å². The normalized spacial score (nSPS) is 10.2. The number of aromatic nitrogens is 1. The molecule has 1 heterocycles. The van der Waals surface area contributed by atoms with E-state index in [4.69, 9.17) is 4.74 Å². The van der Waals surface area contributed by atoms with Crippen LogP contribution in [0.3, 0.4) is 0 Å². The monoisotopic (exact) mass is 391 g/mol. The first-order chi connectivity index (χ1) is 14.0. The van der Waals surface area contributed by atoms with E-state index in [1.54, 1.807) is 49.7 Å². The Morgan fingerprint density at radius 3 is 2.38 bits per heavy atom. The summed E-state index contributed by atoms with van der Waals surface area (Å²) in [5.41, 5.74) is 3.24. The van der Waals surface area contributed by atoms with Crippen molar-refractivity contribution < 1.29 is 19.1 Å². The van der Waals surface area contributed by atoms with Gasteiger partial charge in [0.15, 0.2) is 0 Å². The Morgan fingerprint density at radius 2 is 1.69 bits per heavy atom. The summed E-state index contributed by atoms with van der Waals surface area (Å²) in [4.78, 5) is 28.3. The molecule has 29 heavy (non-hydrogen) atoms. The van der Waals surface area contributed by atoms with Crippen LogP contribution in [-0.2, 0) is 4.74 Å². The van der Waals surface area contributed by atoms with Gasteiger partial charge < -0.3 is 20.1 Å². The van der Waals surface area contributed by atoms with Gasteiger partial charge >= 0.3 is 5.97 Å². The molecule has 3 aromatic rings. The lowest BCUT2D eigenvalue weighted by molar-refractivity contribution is 0.0600. The van der Waals surface area contributed by atoms with Crippen LogP contribution in [0, 0.1) is 6.92 Å². The third-order valence-electron chi connectivity index (χ3n) is 4.20. The largest absolute Gasteiger partial charge is 0.495 e. The molecule has 0 aliphatic rings. The summed E-state index contributed by atoms with van der Waals surface area (Å²) in [5.74, 6) is 0.470. The van der Waals surface area contributed by atoms with Crippen LogP contribution in [0.2, 0.25) is 0 Å². The van der Waals surface area contributed by atoms with Gasteiger partial charge in [0.05, 0.1) is 25.5 Å². The number of nitrogens with zero attached hydrogens (tertiary/aromatic N) is 1. The lowest BCUT2D eigenvalue weighted by atomic mass is 10.2. The summed E-state index contributed by atoms with van der Waals surface area (Å²) < 4.78 is 10.0. The van der Waals surface area contributed by atoms with E-state index in [2.05, 4.69) is 20.4 Å². The third-order valence-corrected chi connectivity index (χ3v) is 4.20. The average Bonchev–Trinajstić information content (AvgIpc) is 2.74. The van der Waals surface area contributed by atoms with Crippen molar-refractivity contribution in [3.63, 3.8) is 0 Å². The second kappa shape index (κ2) is 8.88. The number of ether oxygens (including phenoxy) is 2. The summed E-state index contributed by atoms with van der Waals surface area (Å²) in [7, 11) is 2.91. The molecular weight excluding hydrogens is 370 g/mol. The standard InChI is InChI=1S/C22H21N3O4/c1-14-4-9-19(28-2)18(12-14)25-20-13-16(10-11-23-20)21(26)24-17-7-5-15(6-8-17)22(27)29-3/h4-13H,1-3H3,(H,23,25)(H,24,26). The third kappa shape index (κ3) is 4.90. The van der Waals surface area contributed by atoms with Crippen molar-refractivity contribution in [3.8, 4) is 5.75 Å². The maximum atomic E-state index is 12.6. The van der Waals surface area contributed by atoms with E-state index in [0.29, 0.717) is 28.4 Å². The number of amides is 1. The molecule has 0 radical (unpaired) electrons. The van der Waals surface area contributed by atoms with Crippen LogP contribution >= 0.6 is 0 Å². The van der Waals surface area contributed by atoms with Crippen molar-refractivity contribution in [1.29, 1.82) is 0 Å². The highest BCUT2D eigenvalue weighted by Gasteiger charge is 2.11. The highest BCUT2D eigenvalue weighted by atomic mass is 16.5. The second-order valence-corrected chi connectivity index (χ2v) is 6.28. The first-order valence-electron chi connectivity index (χ1n) is 8.87. The number of aryl methyl sites for hydroxylation is 1. The van der Waals surface area contributed by atoms with Gasteiger partial charge in [-0.1, -0.05) is 6.07 Å². The van der Waals surface area contributed by atoms with Gasteiger partial charge in [0.1, 0.15) is 11.6 Å². The molecule has 148 valence electrons. The molecule has 0 fully saturated rings. The molecule has 0 aliphatic heterocycles. The van der Waals surface area contributed by atoms with Crippen LogP contribution in [0.1, 0.15) is 26.3 Å². The number of methoxy groups -OCH3 is 2. The fourth-order valence-electron chi connectivity index (χ4n) is 2.71. The number of rotatable bonds is 6. The van der Waals surface area contributed by atoms with Crippen molar-refractivity contribution in [3.05, 3.63) is 77.5 Å². The molecule has 7 nitrogen and oxygen atoms in total. The lowest BCUT2D eigenvalue weighted by Gasteiger charge is -2.12. The Balaban J connectivity index is 1.74. The number of esters is 1. The molecule has 2 aromatic carbocycles. The number of benzene rings is 2. The van der Waals surface area contributed by atoms with E-state index in [-0.39, 0.29) is 5.91 Å². The smallest absolute Gasteiger partial charge is 0.337 e. The van der Waals surface area contributed by atoms with Crippen LogP contribution in [0.25, 0.3) is 0 Å². The van der Waals surface area contributed by atoms with E-state index in [9.17, 15) is 9.59 Å². The Hall–Kier alpha value is -3.87. The predicted molar refractivity (Wildman–Crippen MR) is 111 cm³/mol. The molecule has 0 unspecified atom stereocenters. The summed E-state index contributed by atoms with van der Waals surface area (Å²) in [6.07, 6.45) is 1.56. The Morgan fingerprint density at radius 1 is 0.931 bits per heavy atom. The van der Waals surface area contributed by atoms with E-state index >= 15 is 0 Å². The van der Waals surface area contributed by atoms with Gasteiger partial charge in [-0.05, 0) is 61.0 Å². The number of hydrogen-bond donors (Lipinski definition) is 2. The fourth-order valence-corrected chi connectivity index (χ4v) is 2.71. The Bertz CT molecular complexity index is 1030. The highest BCUT2D eigenvalue weighted by molar-refractivity contribution is 6.05. The van der Waals surface area contributed by atoms with Gasteiger partial charge in [-0.2, -0.15) is 0 Å². The SMILES string of the molecule is COC(=O)c1ccc(NC(=O)c2ccnc(Nc3cc(C)ccc3OC)c2)cc1. The van der Waals surface area contributed by atoms with E-state index in [0.717, 1.165) is 11.3 Å². The summed E-state index contributed by atoms with van der Waals surface area (Å²) in [6.45, 7) is 1.98. The zero-order valence-corrected chi connectivity index (χ0v) is 16.4. The topological polar surface area (TPSA) is 89.5 Å². The number of carbonyl (C=O) groups excluding carboxylic acids is 2. The first kappa shape index (κ1) is 19.9. The lowest BCUT2D eigenvalue weighted by Crippen LogP contribution is -2.12. The van der Waals surface area contributed by atoms with E-state index < -0.39 is 5.97 Å². The van der Waals surface area contributed by atoms with Gasteiger partial charge in [0, 0.05) is 17.4 Å². The molecule has 7 heteroatoms. The highest BCUT2D eigenvalue weighted by Crippen LogP contribution is 2.28. The van der Waals surface area contributed by atoms with Crippen molar-refractivity contribution >= 4 is 29.1 Å². The molecular formula is C22H21N3O4. The number of anilines is 3. The molecule has 2 N–H and O–H groups in total. The fraction of sp³-hybridized carbons (Fsp3) is 0.136. The Labute approximate surface area is 168 Å². The van der Waals surface area contributed by atoms with Gasteiger partial charge in [-0.15, -0.1) is 0 Å². The number of nitrogens with one attached hydrogen (secondary N) is 2. The molecule has 0 saturated carbocycles. The van der Waals surface area contributed by atoms with Crippen LogP contribution in [-0.4, -0.2) is 31.1 Å². The molecule has 0 aliphatic carbocycles. The molecule has 0 bridgehead atoms. The van der Waals surface area contributed by atoms with Gasteiger partial charge in [0.25, 0.3) is 5.91 Å². The minimum absolute atomic E-state index is 0.294. The zero-order chi connectivity index (χ0) is 20.8. The van der Waals surface area contributed by atoms with Crippen LogP contribution in [0.5, 0.6) is 5.75 Å². The molecule has 0 saturated heterocycles. The van der Waals surface area contributed by atoms with E-state index in [1.807, 2.05) is 25.1 Å². The predicted octanol–water partition coefficient (Wildman–Crippen LogP) is 4.18. The van der Waals surface area contributed by atoms with E-state index in [1.165, 1.54) is 7.11 Å². The van der Waals surface area contributed by atoms with Crippen LogP contribution < -0.4 is 15.4 Å². The maximum Gasteiger partial charge on any atom is 0.337 e. The van der Waals surface area contributed by atoms with Gasteiger partial charge in [-0.3, -0.25) is 4.79 Å². The first-order valence-corrected chi connectivity index (χ1v) is 8.87. The molecule has 0 atom stereocenters. The van der Waals surface area contributed by atoms with Crippen LogP contribution in [0.4, 0.5) is 17.2 Å². The zero-order valence-electron chi connectivity index (χ0n) is 16.4. The average molecular weight is 391 g/mol. The quantitative estimate of drug-likeness (QED) is 0.613. The molecule has 1 aromatic heterocycles. The minimum atomic E-state index is -0.431. The summed E-state index contributed by atoms with van der Waals surface area (Å²) in [5, 5.41) is 5.98. The van der Waals surface area contributed by atoms with Crippen LogP contribution in [0.15, 0.2) is 60.8 Å². The molecule has 3 rings (SSSR count). The molecule has 1 amide bonds. The van der Waals surface area contributed by atoms with Gasteiger partial charge in [0.2, 0.25) is 0 Å². The Kier molecular flexibility index (Phi) is 6.09. The second-order valence-electron chi connectivity index (χ2n) is 6.28. The minimum Gasteiger partial charge on any atom is -0.495 e. The number of pyridine rings is 1.